The van der Waals surface area contributed by atoms with Crippen molar-refractivity contribution in [3.63, 3.8) is 0 Å². The first-order valence-electron chi connectivity index (χ1n) is 11.2. The molecule has 4 rings (SSSR count). The zero-order chi connectivity index (χ0) is 23.4. The zero-order valence-electron chi connectivity index (χ0n) is 18.9. The third kappa shape index (κ3) is 5.77. The van der Waals surface area contributed by atoms with Gasteiger partial charge in [-0.2, -0.15) is 9.40 Å². The van der Waals surface area contributed by atoms with E-state index in [1.807, 2.05) is 12.1 Å². The first kappa shape index (κ1) is 24.2. The van der Waals surface area contributed by atoms with Crippen LogP contribution in [0.3, 0.4) is 0 Å². The van der Waals surface area contributed by atoms with Gasteiger partial charge in [0.2, 0.25) is 10.0 Å². The Labute approximate surface area is 200 Å². The minimum absolute atomic E-state index is 0.247. The summed E-state index contributed by atoms with van der Waals surface area (Å²) in [4.78, 5) is 2.41. The molecule has 3 heterocycles. The molecule has 0 atom stereocenters. The van der Waals surface area contributed by atoms with E-state index in [4.69, 9.17) is 27.2 Å². The van der Waals surface area contributed by atoms with Crippen molar-refractivity contribution in [3.8, 4) is 23.1 Å². The Morgan fingerprint density at radius 3 is 2.73 bits per heavy atom. The normalized spacial score (nSPS) is 17.4. The maximum atomic E-state index is 12.3. The first-order valence-corrected chi connectivity index (χ1v) is 13.4. The Morgan fingerprint density at radius 2 is 2.00 bits per heavy atom. The number of aromatic nitrogens is 2. The zero-order valence-corrected chi connectivity index (χ0v) is 20.5. The summed E-state index contributed by atoms with van der Waals surface area (Å²) in [5, 5.41) is 5.50. The van der Waals surface area contributed by atoms with Gasteiger partial charge < -0.3 is 10.5 Å². The molecule has 1 saturated heterocycles. The Kier molecular flexibility index (Phi) is 7.74. The average Bonchev–Trinajstić information content (AvgIpc) is 3.17. The molecule has 10 heteroatoms. The molecule has 2 aromatic rings. The van der Waals surface area contributed by atoms with Gasteiger partial charge in [-0.05, 0) is 18.6 Å². The molecule has 1 aromatic heterocycles. The maximum Gasteiger partial charge on any atom is 0.211 e. The van der Waals surface area contributed by atoms with Crippen molar-refractivity contribution in [2.75, 3.05) is 52.2 Å². The lowest BCUT2D eigenvalue weighted by Crippen LogP contribution is -2.37. The number of hydrogen-bond acceptors (Lipinski definition) is 6. The van der Waals surface area contributed by atoms with Crippen LogP contribution in [-0.4, -0.2) is 79.6 Å². The average molecular weight is 492 g/mol. The number of benzene rings is 1. The van der Waals surface area contributed by atoms with E-state index in [-0.39, 0.29) is 6.54 Å². The third-order valence-corrected chi connectivity index (χ3v) is 7.66. The van der Waals surface area contributed by atoms with Crippen LogP contribution in [0.25, 0.3) is 11.3 Å². The fraction of sp³-hybridized carbons (Fsp3) is 0.522. The standard InChI is InChI=1S/C23H30ClN5O3S/c1-33(30,31)28-11-7-22-20(17-28)23(19-5-6-21(24)18(16-19)4-2-8-25)26-29(22)10-3-9-27-12-14-32-15-13-27/h5-6,16H,3,7-15,17,25H2,1H3. The molecular formula is C23H30ClN5O3S. The van der Waals surface area contributed by atoms with Crippen LogP contribution in [0, 0.1) is 11.8 Å². The van der Waals surface area contributed by atoms with E-state index >= 15 is 0 Å². The van der Waals surface area contributed by atoms with Crippen molar-refractivity contribution in [2.45, 2.75) is 25.9 Å². The van der Waals surface area contributed by atoms with Crippen LogP contribution in [0.2, 0.25) is 5.02 Å². The smallest absolute Gasteiger partial charge is 0.211 e. The van der Waals surface area contributed by atoms with E-state index < -0.39 is 10.0 Å². The van der Waals surface area contributed by atoms with Crippen LogP contribution in [0.15, 0.2) is 18.2 Å². The highest BCUT2D eigenvalue weighted by Crippen LogP contribution is 2.33. The second-order valence-electron chi connectivity index (χ2n) is 8.35. The number of halogens is 1. The van der Waals surface area contributed by atoms with Gasteiger partial charge in [0, 0.05) is 68.1 Å². The Hall–Kier alpha value is -1.93. The second kappa shape index (κ2) is 10.6. The number of nitrogens with two attached hydrogens (primary N) is 1. The summed E-state index contributed by atoms with van der Waals surface area (Å²) < 4.78 is 33.5. The number of ether oxygens (including phenoxy) is 1. The van der Waals surface area contributed by atoms with Crippen LogP contribution >= 0.6 is 11.6 Å². The summed E-state index contributed by atoms with van der Waals surface area (Å²) in [5.41, 5.74) is 9.94. The number of aryl methyl sites for hydroxylation is 1. The van der Waals surface area contributed by atoms with Gasteiger partial charge in [-0.15, -0.1) is 0 Å². The quantitative estimate of drug-likeness (QED) is 0.616. The van der Waals surface area contributed by atoms with Crippen molar-refractivity contribution in [1.82, 2.24) is 19.0 Å². The van der Waals surface area contributed by atoms with Gasteiger partial charge in [-0.1, -0.05) is 29.5 Å². The Balaban J connectivity index is 1.64. The Bertz CT molecular complexity index is 1160. The van der Waals surface area contributed by atoms with Gasteiger partial charge in [0.05, 0.1) is 36.7 Å². The highest BCUT2D eigenvalue weighted by molar-refractivity contribution is 7.88. The molecule has 2 aliphatic heterocycles. The lowest BCUT2D eigenvalue weighted by atomic mass is 10.0. The molecule has 178 valence electrons. The first-order chi connectivity index (χ1) is 15.9. The monoisotopic (exact) mass is 491 g/mol. The molecule has 1 aromatic carbocycles. The van der Waals surface area contributed by atoms with Crippen LogP contribution in [0.4, 0.5) is 0 Å². The fourth-order valence-corrected chi connectivity index (χ4v) is 5.30. The fourth-order valence-electron chi connectivity index (χ4n) is 4.35. The molecular weight excluding hydrogens is 462 g/mol. The molecule has 0 spiro atoms. The molecule has 8 nitrogen and oxygen atoms in total. The molecule has 2 N–H and O–H groups in total. The molecule has 0 saturated carbocycles. The Morgan fingerprint density at radius 1 is 1.21 bits per heavy atom. The van der Waals surface area contributed by atoms with Crippen LogP contribution in [0.1, 0.15) is 23.2 Å². The molecule has 33 heavy (non-hydrogen) atoms. The highest BCUT2D eigenvalue weighted by Gasteiger charge is 2.29. The number of sulfonamides is 1. The van der Waals surface area contributed by atoms with Crippen molar-refractivity contribution in [2.24, 2.45) is 5.73 Å². The summed E-state index contributed by atoms with van der Waals surface area (Å²) in [6.07, 6.45) is 2.87. The van der Waals surface area contributed by atoms with Gasteiger partial charge in [0.15, 0.2) is 0 Å². The molecule has 1 fully saturated rings. The predicted molar refractivity (Wildman–Crippen MR) is 129 cm³/mol. The van der Waals surface area contributed by atoms with Gasteiger partial charge >= 0.3 is 0 Å². The largest absolute Gasteiger partial charge is 0.379 e. The number of hydrogen-bond donors (Lipinski definition) is 1. The third-order valence-electron chi connectivity index (χ3n) is 6.08. The molecule has 0 unspecified atom stereocenters. The lowest BCUT2D eigenvalue weighted by molar-refractivity contribution is 0.0368. The van der Waals surface area contributed by atoms with E-state index in [0.717, 1.165) is 68.3 Å². The summed E-state index contributed by atoms with van der Waals surface area (Å²) in [7, 11) is -3.30. The molecule has 0 amide bonds. The second-order valence-corrected chi connectivity index (χ2v) is 10.7. The minimum atomic E-state index is -3.30. The van der Waals surface area contributed by atoms with Crippen molar-refractivity contribution in [3.05, 3.63) is 40.0 Å². The molecule has 0 aliphatic carbocycles. The molecule has 0 radical (unpaired) electrons. The van der Waals surface area contributed by atoms with Gasteiger partial charge in [-0.25, -0.2) is 8.42 Å². The van der Waals surface area contributed by atoms with E-state index in [1.54, 1.807) is 6.07 Å². The summed E-state index contributed by atoms with van der Waals surface area (Å²) in [6, 6.07) is 5.62. The SMILES string of the molecule is CS(=O)(=O)N1CCc2c(c(-c3ccc(Cl)c(C#CCN)c3)nn2CCCN2CCOCC2)C1. The lowest BCUT2D eigenvalue weighted by Gasteiger charge is -2.27. The van der Waals surface area contributed by atoms with Crippen LogP contribution in [-0.2, 0) is 34.3 Å². The molecule has 2 aliphatic rings. The highest BCUT2D eigenvalue weighted by atomic mass is 35.5. The number of fused-ring (bicyclic) bond motifs is 1. The maximum absolute atomic E-state index is 12.3. The summed E-state index contributed by atoms with van der Waals surface area (Å²) in [5.74, 6) is 5.85. The number of morpholine rings is 1. The van der Waals surface area contributed by atoms with Gasteiger partial charge in [0.25, 0.3) is 0 Å². The van der Waals surface area contributed by atoms with Crippen LogP contribution in [0.5, 0.6) is 0 Å². The van der Waals surface area contributed by atoms with Crippen molar-refractivity contribution < 1.29 is 13.2 Å². The number of nitrogens with zero attached hydrogens (tertiary/aromatic N) is 4. The molecule has 0 bridgehead atoms. The van der Waals surface area contributed by atoms with Crippen molar-refractivity contribution >= 4 is 21.6 Å². The number of rotatable bonds is 6. The topological polar surface area (TPSA) is 93.7 Å². The predicted octanol–water partition coefficient (Wildman–Crippen LogP) is 1.55. The van der Waals surface area contributed by atoms with E-state index in [9.17, 15) is 8.42 Å². The minimum Gasteiger partial charge on any atom is -0.379 e. The van der Waals surface area contributed by atoms with E-state index in [0.29, 0.717) is 30.1 Å². The van der Waals surface area contributed by atoms with E-state index in [2.05, 4.69) is 21.4 Å². The van der Waals surface area contributed by atoms with E-state index in [1.165, 1.54) is 10.6 Å². The van der Waals surface area contributed by atoms with Gasteiger partial charge in [0.1, 0.15) is 0 Å². The van der Waals surface area contributed by atoms with Crippen LogP contribution < -0.4 is 5.73 Å². The summed E-state index contributed by atoms with van der Waals surface area (Å²) in [6.45, 7) is 6.30. The van der Waals surface area contributed by atoms with Gasteiger partial charge in [-0.3, -0.25) is 9.58 Å². The van der Waals surface area contributed by atoms with Crippen molar-refractivity contribution in [1.29, 1.82) is 0 Å². The summed E-state index contributed by atoms with van der Waals surface area (Å²) >= 11 is 6.32.